The van der Waals surface area contributed by atoms with Crippen LogP contribution in [-0.4, -0.2) is 31.3 Å². The zero-order valence-corrected chi connectivity index (χ0v) is 13.4. The van der Waals surface area contributed by atoms with E-state index in [9.17, 15) is 0 Å². The van der Waals surface area contributed by atoms with Crippen LogP contribution in [0.15, 0.2) is 18.2 Å². The van der Waals surface area contributed by atoms with E-state index in [0.717, 1.165) is 31.0 Å². The Balaban J connectivity index is 2.28. The number of nitrogens with two attached hydrogens (primary N) is 1. The molecule has 0 aliphatic carbocycles. The summed E-state index contributed by atoms with van der Waals surface area (Å²) in [4.78, 5) is 2.38. The van der Waals surface area contributed by atoms with Crippen LogP contribution in [0.5, 0.6) is 0 Å². The fourth-order valence-corrected chi connectivity index (χ4v) is 3.07. The maximum atomic E-state index is 6.41. The summed E-state index contributed by atoms with van der Waals surface area (Å²) in [5, 5.41) is 0.818. The van der Waals surface area contributed by atoms with Crippen molar-refractivity contribution < 1.29 is 4.74 Å². The van der Waals surface area contributed by atoms with Crippen molar-refractivity contribution in [2.75, 3.05) is 18.0 Å². The molecule has 2 N–H and O–H groups in total. The first-order valence-corrected chi connectivity index (χ1v) is 7.82. The highest BCUT2D eigenvalue weighted by atomic mass is 35.5. The van der Waals surface area contributed by atoms with E-state index in [1.54, 1.807) is 0 Å². The molecule has 1 heterocycles. The predicted molar refractivity (Wildman–Crippen MR) is 85.6 cm³/mol. The van der Waals surface area contributed by atoms with Gasteiger partial charge in [-0.25, -0.2) is 0 Å². The van der Waals surface area contributed by atoms with E-state index >= 15 is 0 Å². The standard InChI is InChI=1S/C16H25ClN2O/c1-4-13(18)8-14-15(17)6-5-7-16(14)19-9-11(2)20-12(3)10-19/h5-7,11-13H,4,8-10,18H2,1-3H3. The SMILES string of the molecule is CCC(N)Cc1c(Cl)cccc1N1CC(C)OC(C)C1. The van der Waals surface area contributed by atoms with E-state index in [1.165, 1.54) is 11.3 Å². The first-order chi connectivity index (χ1) is 9.51. The van der Waals surface area contributed by atoms with Gasteiger partial charge >= 0.3 is 0 Å². The number of nitrogens with zero attached hydrogens (tertiary/aromatic N) is 1. The average molecular weight is 297 g/mol. The summed E-state index contributed by atoms with van der Waals surface area (Å²) in [6, 6.07) is 6.28. The van der Waals surface area contributed by atoms with Gasteiger partial charge in [0, 0.05) is 29.8 Å². The van der Waals surface area contributed by atoms with Gasteiger partial charge in [-0.1, -0.05) is 24.6 Å². The van der Waals surface area contributed by atoms with E-state index in [0.29, 0.717) is 0 Å². The van der Waals surface area contributed by atoms with Gasteiger partial charge < -0.3 is 15.4 Å². The third-order valence-electron chi connectivity index (χ3n) is 3.85. The van der Waals surface area contributed by atoms with Crippen LogP contribution in [0.1, 0.15) is 32.8 Å². The molecule has 2 rings (SSSR count). The molecule has 0 aromatic heterocycles. The second kappa shape index (κ2) is 6.79. The van der Waals surface area contributed by atoms with Crippen LogP contribution in [-0.2, 0) is 11.2 Å². The van der Waals surface area contributed by atoms with E-state index in [-0.39, 0.29) is 18.2 Å². The highest BCUT2D eigenvalue weighted by Crippen LogP contribution is 2.31. The zero-order chi connectivity index (χ0) is 14.7. The quantitative estimate of drug-likeness (QED) is 0.927. The topological polar surface area (TPSA) is 38.5 Å². The molecular weight excluding hydrogens is 272 g/mol. The summed E-state index contributed by atoms with van der Waals surface area (Å²) in [5.74, 6) is 0. The molecule has 1 aromatic rings. The van der Waals surface area contributed by atoms with E-state index in [1.807, 2.05) is 12.1 Å². The summed E-state index contributed by atoms with van der Waals surface area (Å²) in [7, 11) is 0. The van der Waals surface area contributed by atoms with Crippen molar-refractivity contribution in [1.82, 2.24) is 0 Å². The van der Waals surface area contributed by atoms with Crippen LogP contribution >= 0.6 is 11.6 Å². The molecule has 3 nitrogen and oxygen atoms in total. The summed E-state index contributed by atoms with van der Waals surface area (Å²) in [6.45, 7) is 8.15. The Hall–Kier alpha value is -0.770. The summed E-state index contributed by atoms with van der Waals surface area (Å²) in [6.07, 6.45) is 2.27. The van der Waals surface area contributed by atoms with Crippen LogP contribution in [0, 0.1) is 0 Å². The normalized spacial score (nSPS) is 24.8. The Kier molecular flexibility index (Phi) is 5.30. The molecule has 0 bridgehead atoms. The molecule has 1 saturated heterocycles. The fraction of sp³-hybridized carbons (Fsp3) is 0.625. The fourth-order valence-electron chi connectivity index (χ4n) is 2.83. The first kappa shape index (κ1) is 15.6. The lowest BCUT2D eigenvalue weighted by atomic mass is 10.0. The number of rotatable bonds is 4. The minimum atomic E-state index is 0.157. The Labute approximate surface area is 127 Å². The second-order valence-corrected chi connectivity index (χ2v) is 6.18. The Morgan fingerprint density at radius 2 is 2.00 bits per heavy atom. The molecule has 0 saturated carbocycles. The van der Waals surface area contributed by atoms with Gasteiger partial charge in [-0.05, 0) is 44.4 Å². The first-order valence-electron chi connectivity index (χ1n) is 7.44. The summed E-state index contributed by atoms with van der Waals surface area (Å²) in [5.41, 5.74) is 8.51. The molecule has 3 unspecified atom stereocenters. The van der Waals surface area contributed by atoms with Crippen LogP contribution < -0.4 is 10.6 Å². The maximum absolute atomic E-state index is 6.41. The number of hydrogen-bond acceptors (Lipinski definition) is 3. The smallest absolute Gasteiger partial charge is 0.0726 e. The molecule has 0 spiro atoms. The van der Waals surface area contributed by atoms with E-state index in [2.05, 4.69) is 31.7 Å². The van der Waals surface area contributed by atoms with Crippen molar-refractivity contribution in [2.45, 2.75) is 51.9 Å². The van der Waals surface area contributed by atoms with Crippen molar-refractivity contribution in [3.05, 3.63) is 28.8 Å². The lowest BCUT2D eigenvalue weighted by Gasteiger charge is -2.38. The largest absolute Gasteiger partial charge is 0.372 e. The second-order valence-electron chi connectivity index (χ2n) is 5.77. The van der Waals surface area contributed by atoms with Gasteiger partial charge in [0.25, 0.3) is 0 Å². The molecule has 1 aliphatic heterocycles. The predicted octanol–water partition coefficient (Wildman–Crippen LogP) is 3.23. The molecule has 4 heteroatoms. The van der Waals surface area contributed by atoms with Crippen LogP contribution in [0.3, 0.4) is 0 Å². The molecule has 0 radical (unpaired) electrons. The lowest BCUT2D eigenvalue weighted by Crippen LogP contribution is -2.46. The number of morpholine rings is 1. The van der Waals surface area contributed by atoms with Gasteiger partial charge in [0.2, 0.25) is 0 Å². The maximum Gasteiger partial charge on any atom is 0.0726 e. The van der Waals surface area contributed by atoms with Crippen molar-refractivity contribution in [3.8, 4) is 0 Å². The third-order valence-corrected chi connectivity index (χ3v) is 4.20. The average Bonchev–Trinajstić information content (AvgIpc) is 2.39. The van der Waals surface area contributed by atoms with Gasteiger partial charge in [-0.2, -0.15) is 0 Å². The summed E-state index contributed by atoms with van der Waals surface area (Å²) < 4.78 is 5.81. The Morgan fingerprint density at radius 3 is 2.60 bits per heavy atom. The number of benzene rings is 1. The zero-order valence-electron chi connectivity index (χ0n) is 12.6. The van der Waals surface area contributed by atoms with Crippen molar-refractivity contribution in [3.63, 3.8) is 0 Å². The van der Waals surface area contributed by atoms with Gasteiger partial charge in [0.05, 0.1) is 12.2 Å². The van der Waals surface area contributed by atoms with Crippen molar-refractivity contribution in [1.29, 1.82) is 0 Å². The number of hydrogen-bond donors (Lipinski definition) is 1. The highest BCUT2D eigenvalue weighted by molar-refractivity contribution is 6.31. The van der Waals surface area contributed by atoms with Gasteiger partial charge in [-0.15, -0.1) is 0 Å². The number of anilines is 1. The Bertz CT molecular complexity index is 442. The molecule has 3 atom stereocenters. The Morgan fingerprint density at radius 1 is 1.35 bits per heavy atom. The molecule has 112 valence electrons. The van der Waals surface area contributed by atoms with Gasteiger partial charge in [0.15, 0.2) is 0 Å². The van der Waals surface area contributed by atoms with Crippen LogP contribution in [0.2, 0.25) is 5.02 Å². The lowest BCUT2D eigenvalue weighted by molar-refractivity contribution is -0.00526. The van der Waals surface area contributed by atoms with E-state index in [4.69, 9.17) is 22.1 Å². The molecular formula is C16H25ClN2O. The van der Waals surface area contributed by atoms with Crippen LogP contribution in [0.25, 0.3) is 0 Å². The van der Waals surface area contributed by atoms with Gasteiger partial charge in [0.1, 0.15) is 0 Å². The number of ether oxygens (including phenoxy) is 1. The molecule has 1 aliphatic rings. The van der Waals surface area contributed by atoms with Gasteiger partial charge in [-0.3, -0.25) is 0 Å². The monoisotopic (exact) mass is 296 g/mol. The minimum Gasteiger partial charge on any atom is -0.372 e. The molecule has 0 amide bonds. The molecule has 1 fully saturated rings. The van der Waals surface area contributed by atoms with Crippen molar-refractivity contribution in [2.24, 2.45) is 5.73 Å². The highest BCUT2D eigenvalue weighted by Gasteiger charge is 2.24. The van der Waals surface area contributed by atoms with Crippen molar-refractivity contribution >= 4 is 17.3 Å². The number of halogens is 1. The molecule has 1 aromatic carbocycles. The summed E-state index contributed by atoms with van der Waals surface area (Å²) >= 11 is 6.41. The molecule has 20 heavy (non-hydrogen) atoms. The van der Waals surface area contributed by atoms with E-state index < -0.39 is 0 Å². The minimum absolute atomic E-state index is 0.157. The third kappa shape index (κ3) is 3.66. The van der Waals surface area contributed by atoms with Crippen LogP contribution in [0.4, 0.5) is 5.69 Å².